The van der Waals surface area contributed by atoms with Crippen molar-refractivity contribution >= 4 is 83.0 Å². The second-order valence-electron chi connectivity index (χ2n) is 16.7. The van der Waals surface area contributed by atoms with Crippen molar-refractivity contribution in [1.82, 2.24) is 0 Å². The molecule has 0 saturated heterocycles. The molecule has 2 aliphatic rings. The van der Waals surface area contributed by atoms with Crippen LogP contribution in [0.25, 0.3) is 43.7 Å². The highest BCUT2D eigenvalue weighted by atomic mass is 31.2. The van der Waals surface area contributed by atoms with E-state index in [4.69, 9.17) is 24.6 Å². The van der Waals surface area contributed by atoms with Gasteiger partial charge >= 0.3 is 37.9 Å². The molecular formula is C58H47BO15P4+2. The molecule has 12 rings (SSSR count). The number of phenols is 3. The maximum atomic E-state index is 13.7. The number of aldehydes is 1. The number of aliphatic hydroxyl groups is 2. The van der Waals surface area contributed by atoms with Gasteiger partial charge in [0.2, 0.25) is 5.12 Å². The Morgan fingerprint density at radius 2 is 0.885 bits per heavy atom. The van der Waals surface area contributed by atoms with Gasteiger partial charge in [0.25, 0.3) is 1.43 Å². The van der Waals surface area contributed by atoms with Gasteiger partial charge in [0.15, 0.2) is 17.3 Å². The van der Waals surface area contributed by atoms with Crippen LogP contribution in [0.1, 0.15) is 33.2 Å². The van der Waals surface area contributed by atoms with Gasteiger partial charge in [-0.3, -0.25) is 13.9 Å². The lowest BCUT2D eigenvalue weighted by Crippen LogP contribution is -2.22. The third kappa shape index (κ3) is 13.1. The molecule has 78 heavy (non-hydrogen) atoms. The zero-order valence-corrected chi connectivity index (χ0v) is 44.5. The minimum absolute atomic E-state index is 0.0829. The first-order valence-corrected chi connectivity index (χ1v) is 29.1. The molecule has 20 heteroatoms. The van der Waals surface area contributed by atoms with E-state index in [1.54, 1.807) is 72.8 Å². The summed E-state index contributed by atoms with van der Waals surface area (Å²) < 4.78 is 71.2. The minimum Gasteiger partial charge on any atom is -0.508 e. The van der Waals surface area contributed by atoms with Gasteiger partial charge in [-0.25, -0.2) is 4.20 Å². The van der Waals surface area contributed by atoms with Crippen LogP contribution < -0.4 is 19.7 Å². The lowest BCUT2D eigenvalue weighted by Gasteiger charge is -2.31. The van der Waals surface area contributed by atoms with Crippen LogP contribution in [-0.2, 0) is 23.1 Å². The molecule has 15 nitrogen and oxygen atoms in total. The molecule has 0 amide bonds. The zero-order chi connectivity index (χ0) is 56.7. The van der Waals surface area contributed by atoms with E-state index in [0.29, 0.717) is 44.4 Å². The number of hydrogen-bond donors (Lipinski definition) is 6. The van der Waals surface area contributed by atoms with Crippen molar-refractivity contribution in [2.75, 3.05) is 0 Å². The maximum absolute atomic E-state index is 13.7. The smallest absolute Gasteiger partial charge is 0.508 e. The molecule has 0 spiro atoms. The van der Waals surface area contributed by atoms with Crippen LogP contribution in [0.5, 0.6) is 28.7 Å². The third-order valence-corrected chi connectivity index (χ3v) is 17.9. The van der Waals surface area contributed by atoms with Gasteiger partial charge in [0.1, 0.15) is 41.8 Å². The third-order valence-electron chi connectivity index (χ3n) is 11.8. The summed E-state index contributed by atoms with van der Waals surface area (Å²) in [6, 6.07) is 62.7. The molecule has 10 aromatic rings. The van der Waals surface area contributed by atoms with E-state index in [9.17, 15) is 43.5 Å². The highest BCUT2D eigenvalue weighted by Crippen LogP contribution is 2.63. The molecule has 2 aliphatic heterocycles. The fourth-order valence-corrected chi connectivity index (χ4v) is 13.9. The summed E-state index contributed by atoms with van der Waals surface area (Å²) in [6.45, 7) is 2.00. The Kier molecular flexibility index (Phi) is 18.8. The molecular weight excluding hydrogens is 1070 g/mol. The number of phenolic OH excluding ortho intramolecular Hbond substituents is 3. The molecule has 6 unspecified atom stereocenters. The fraction of sp³-hybridized carbons (Fsp3) is 0.0345. The van der Waals surface area contributed by atoms with Gasteiger partial charge in [0.05, 0.1) is 10.6 Å². The number of carbonyl (C=O) groups excluding carboxylic acids is 2. The lowest BCUT2D eigenvalue weighted by molar-refractivity contribution is -0.0980. The summed E-state index contributed by atoms with van der Waals surface area (Å²) in [5.74, 6) is -1.28. The predicted molar refractivity (Wildman–Crippen MR) is 303 cm³/mol. The Labute approximate surface area is 451 Å². The van der Waals surface area contributed by atoms with E-state index in [2.05, 4.69) is 12.5 Å². The summed E-state index contributed by atoms with van der Waals surface area (Å²) >= 11 is 0. The van der Waals surface area contributed by atoms with Gasteiger partial charge < -0.3 is 39.4 Å². The Morgan fingerprint density at radius 1 is 0.526 bits per heavy atom. The van der Waals surface area contributed by atoms with Gasteiger partial charge in [0, 0.05) is 27.5 Å². The standard InChI is InChI=1S/2C19H15O4P.C12H8O2P.C7H6O2.CH2O.BHO2P/c2*20-14-11-9-13(10-12-14)19(21)24(22)18-8-4-2-6-16(18)15-5-1-3-7-17(15)23-24;13-15-12-8-4-2-6-10(12)9-5-1-3-7-11(9)14-15;8-5-6-1-3-7(9)4-2-6;1-2;1-4(2)3/h2*1-12,19-21H;1-8H;1-5,9H;1H2;(H,2,3)/q;;+1;;;+1/i/hD. The Bertz CT molecular complexity index is 3750. The van der Waals surface area contributed by atoms with Gasteiger partial charge in [-0.2, -0.15) is 4.90 Å². The van der Waals surface area contributed by atoms with Crippen molar-refractivity contribution < 1.29 is 71.5 Å². The Balaban J connectivity index is 0.000000153. The van der Waals surface area contributed by atoms with Gasteiger partial charge in [-0.05, 0) is 118 Å². The molecule has 9 aromatic carbocycles. The first-order valence-electron chi connectivity index (χ1n) is 23.7. The molecule has 0 bridgehead atoms. The van der Waals surface area contributed by atoms with Crippen molar-refractivity contribution in [1.29, 1.82) is 1.43 Å². The molecule has 0 saturated carbocycles. The predicted octanol–water partition coefficient (Wildman–Crippen LogP) is 13.2. The van der Waals surface area contributed by atoms with Crippen molar-refractivity contribution in [2.24, 2.45) is 0 Å². The van der Waals surface area contributed by atoms with Crippen LogP contribution in [0.3, 0.4) is 0 Å². The molecule has 0 aliphatic carbocycles. The topological polar surface area (TPSA) is 255 Å². The summed E-state index contributed by atoms with van der Waals surface area (Å²) in [7, 11) is -6.71. The number of aliphatic hydroxyl groups excluding tert-OH is 2. The number of fused-ring (bicyclic) bond motifs is 9. The SMILES string of the molecule is C=O.O=Cc1ccc(O)cc1.O=P1(C(O)c2ccc(O)cc2)Oc2ccccc2-c2ccccc21.O=P1(C(O)c2ccc(O)cc2)Oc2ccccc2-c2ccccc21.O=[p+]1oc2ccccc2c2ccccc21.[2H]O[P+]([B])=O. The Morgan fingerprint density at radius 3 is 1.32 bits per heavy atom. The number of para-hydroxylation sites is 3. The normalized spacial score (nSPS) is 16.3. The van der Waals surface area contributed by atoms with E-state index < -0.39 is 42.0 Å². The zero-order valence-electron chi connectivity index (χ0n) is 41.9. The van der Waals surface area contributed by atoms with E-state index >= 15 is 0 Å². The van der Waals surface area contributed by atoms with Crippen LogP contribution in [0, 0.1) is 0 Å². The fourth-order valence-electron chi connectivity index (χ4n) is 8.24. The number of carbonyl (C=O) groups is 2. The second-order valence-corrected chi connectivity index (χ2v) is 23.1. The number of aromatic hydroxyl groups is 3. The lowest BCUT2D eigenvalue weighted by atomic mass is 10.0. The number of hydrogen-bond acceptors (Lipinski definition) is 15. The van der Waals surface area contributed by atoms with Crippen LogP contribution in [0.15, 0.2) is 223 Å². The summed E-state index contributed by atoms with van der Waals surface area (Å²) in [4.78, 5) is 21.3. The number of benzene rings is 9. The van der Waals surface area contributed by atoms with Crippen molar-refractivity contribution in [2.45, 2.75) is 11.7 Å². The maximum Gasteiger partial charge on any atom is 0.597 e. The summed E-state index contributed by atoms with van der Waals surface area (Å²) in [5.41, 5.74) is 5.48. The van der Waals surface area contributed by atoms with Crippen LogP contribution in [0.4, 0.5) is 0 Å². The van der Waals surface area contributed by atoms with E-state index in [1.807, 2.05) is 116 Å². The molecule has 6 atom stereocenters. The first kappa shape index (κ1) is 55.9. The summed E-state index contributed by atoms with van der Waals surface area (Å²) in [6.07, 6.45) is 0.736. The second kappa shape index (κ2) is 26.2. The minimum atomic E-state index is -3.59. The molecule has 1 aromatic heterocycles. The van der Waals surface area contributed by atoms with Gasteiger partial charge in [-0.1, -0.05) is 132 Å². The van der Waals surface area contributed by atoms with Crippen molar-refractivity contribution in [3.63, 3.8) is 0 Å². The van der Waals surface area contributed by atoms with Crippen molar-refractivity contribution in [3.8, 4) is 51.0 Å². The molecule has 0 fully saturated rings. The van der Waals surface area contributed by atoms with Crippen LogP contribution in [0.2, 0.25) is 0 Å². The molecule has 6 N–H and O–H groups in total. The number of rotatable bonds is 6. The largest absolute Gasteiger partial charge is 0.597 e. The highest BCUT2D eigenvalue weighted by Gasteiger charge is 2.44. The van der Waals surface area contributed by atoms with Crippen LogP contribution in [-0.4, -0.2) is 52.5 Å². The first-order chi connectivity index (χ1) is 38.1. The molecule has 390 valence electrons. The van der Waals surface area contributed by atoms with Crippen molar-refractivity contribution in [3.05, 3.63) is 235 Å². The van der Waals surface area contributed by atoms with Crippen LogP contribution >= 0.6 is 30.3 Å². The van der Waals surface area contributed by atoms with E-state index in [-0.39, 0.29) is 17.2 Å². The molecule has 3 heterocycles. The average molecular weight is 1120 g/mol. The van der Waals surface area contributed by atoms with E-state index in [1.165, 1.54) is 36.4 Å². The molecule has 2 radical (unpaired) electrons. The monoisotopic (exact) mass is 1120 g/mol. The summed E-state index contributed by atoms with van der Waals surface area (Å²) in [5, 5.41) is 53.0. The quantitative estimate of drug-likeness (QED) is 0.0392. The highest BCUT2D eigenvalue weighted by molar-refractivity contribution is 7.68. The van der Waals surface area contributed by atoms with Gasteiger partial charge in [-0.15, -0.1) is 0 Å². The average Bonchev–Trinajstić information content (AvgIpc) is 3.55. The Hall–Kier alpha value is -8.28. The van der Waals surface area contributed by atoms with E-state index in [0.717, 1.165) is 44.4 Å².